The minimum Gasteiger partial charge on any atom is -0.293 e. The Morgan fingerprint density at radius 2 is 2.50 bits per heavy atom. The van der Waals surface area contributed by atoms with Crippen LogP contribution in [0.4, 0.5) is 0 Å². The van der Waals surface area contributed by atoms with Crippen LogP contribution in [-0.4, -0.2) is 28.2 Å². The monoisotopic (exact) mass is 162 g/mol. The van der Waals surface area contributed by atoms with Crippen molar-refractivity contribution in [3.63, 3.8) is 0 Å². The van der Waals surface area contributed by atoms with Gasteiger partial charge in [0.1, 0.15) is 0 Å². The summed E-state index contributed by atoms with van der Waals surface area (Å²) in [6.45, 7) is 6.44. The zero-order chi connectivity index (χ0) is 8.81. The summed E-state index contributed by atoms with van der Waals surface area (Å²) in [6.07, 6.45) is 5.14. The largest absolute Gasteiger partial charge is 0.293 e. The van der Waals surface area contributed by atoms with Crippen molar-refractivity contribution >= 4 is 18.9 Å². The molecule has 62 valence electrons. The predicted molar refractivity (Wildman–Crippen MR) is 48.1 cm³/mol. The van der Waals surface area contributed by atoms with Crippen LogP contribution in [0, 0.1) is 0 Å². The highest BCUT2D eigenvalue weighted by Gasteiger charge is 1.80. The molecular formula is C8H10N4. The fraction of sp³-hybridized carbons (Fsp3) is 0.250. The summed E-state index contributed by atoms with van der Waals surface area (Å²) >= 11 is 0. The maximum atomic E-state index is 4.02. The maximum absolute atomic E-state index is 4.02. The number of hydrogen-bond donors (Lipinski definition) is 0. The van der Waals surface area contributed by atoms with Crippen molar-refractivity contribution in [1.29, 1.82) is 0 Å². The zero-order valence-electron chi connectivity index (χ0n) is 6.94. The van der Waals surface area contributed by atoms with E-state index in [1.54, 1.807) is 12.4 Å². The first-order valence-electron chi connectivity index (χ1n) is 3.68. The molecule has 0 bridgehead atoms. The quantitative estimate of drug-likeness (QED) is 0.532. The van der Waals surface area contributed by atoms with Gasteiger partial charge >= 0.3 is 0 Å². The number of hydrogen-bond acceptors (Lipinski definition) is 4. The van der Waals surface area contributed by atoms with Crippen LogP contribution in [0.5, 0.6) is 0 Å². The second-order valence-electron chi connectivity index (χ2n) is 2.15. The van der Waals surface area contributed by atoms with Crippen molar-refractivity contribution in [2.75, 3.05) is 6.54 Å². The molecule has 1 aromatic rings. The van der Waals surface area contributed by atoms with Gasteiger partial charge in [0.2, 0.25) is 0 Å². The molecular weight excluding hydrogens is 152 g/mol. The van der Waals surface area contributed by atoms with Gasteiger partial charge < -0.3 is 0 Å². The summed E-state index contributed by atoms with van der Waals surface area (Å²) in [6, 6.07) is 0. The molecule has 0 spiro atoms. The average molecular weight is 162 g/mol. The second-order valence-corrected chi connectivity index (χ2v) is 2.15. The molecule has 0 aliphatic heterocycles. The number of nitrogens with zero attached hydrogens (tertiary/aromatic N) is 4. The molecule has 12 heavy (non-hydrogen) atoms. The Labute approximate surface area is 70.4 Å². The number of aliphatic imine (C=N–C) groups is 1. The van der Waals surface area contributed by atoms with Gasteiger partial charge in [-0.1, -0.05) is 6.58 Å². The standard InChI is InChI=1S/C8H10N4/c1-3-9-5-4-8-6-10-12-11-7(8)2/h4-6H,2-3H2,1H3/b8-4-,9-5?. The fourth-order valence-electron chi connectivity index (χ4n) is 0.678. The lowest BCUT2D eigenvalue weighted by atomic mass is 10.4. The molecule has 1 heterocycles. The highest BCUT2D eigenvalue weighted by molar-refractivity contribution is 5.90. The molecule has 4 nitrogen and oxygen atoms in total. The van der Waals surface area contributed by atoms with Crippen molar-refractivity contribution < 1.29 is 0 Å². The first-order valence-corrected chi connectivity index (χ1v) is 3.68. The lowest BCUT2D eigenvalue weighted by Gasteiger charge is -1.82. The van der Waals surface area contributed by atoms with Crippen LogP contribution in [-0.2, 0) is 0 Å². The summed E-state index contributed by atoms with van der Waals surface area (Å²) in [4.78, 5) is 4.02. The topological polar surface area (TPSA) is 51.0 Å². The minimum atomic E-state index is 0.618. The summed E-state index contributed by atoms with van der Waals surface area (Å²) in [5.74, 6) is 0. The van der Waals surface area contributed by atoms with Gasteiger partial charge in [0.15, 0.2) is 0 Å². The van der Waals surface area contributed by atoms with Crippen LogP contribution in [0.15, 0.2) is 11.2 Å². The smallest absolute Gasteiger partial charge is 0.0892 e. The number of rotatable bonds is 2. The predicted octanol–water partition coefficient (Wildman–Crippen LogP) is -0.847. The minimum absolute atomic E-state index is 0.618. The normalized spacial score (nSPS) is 12.6. The van der Waals surface area contributed by atoms with E-state index < -0.39 is 0 Å². The summed E-state index contributed by atoms with van der Waals surface area (Å²) in [5, 5.41) is 12.2. The molecule has 0 unspecified atom stereocenters. The van der Waals surface area contributed by atoms with E-state index in [2.05, 4.69) is 27.0 Å². The molecule has 0 aromatic carbocycles. The highest BCUT2D eigenvalue weighted by atomic mass is 15.3. The van der Waals surface area contributed by atoms with E-state index in [9.17, 15) is 0 Å². The van der Waals surface area contributed by atoms with Crippen LogP contribution in [0.25, 0.3) is 12.7 Å². The van der Waals surface area contributed by atoms with E-state index in [1.807, 2.05) is 13.0 Å². The maximum Gasteiger partial charge on any atom is 0.0892 e. The second kappa shape index (κ2) is 4.33. The molecule has 0 saturated carbocycles. The van der Waals surface area contributed by atoms with Crippen LogP contribution >= 0.6 is 0 Å². The summed E-state index contributed by atoms with van der Waals surface area (Å²) in [5.41, 5.74) is 0. The van der Waals surface area contributed by atoms with Crippen molar-refractivity contribution in [1.82, 2.24) is 15.4 Å². The summed E-state index contributed by atoms with van der Waals surface area (Å²) < 4.78 is 0. The number of aromatic nitrogens is 3. The summed E-state index contributed by atoms with van der Waals surface area (Å²) in [7, 11) is 0. The van der Waals surface area contributed by atoms with Crippen molar-refractivity contribution in [2.24, 2.45) is 4.99 Å². The van der Waals surface area contributed by atoms with Crippen molar-refractivity contribution in [3.8, 4) is 0 Å². The SMILES string of the molecule is C=c1nnnc/c1=C/C=NCC. The van der Waals surface area contributed by atoms with E-state index in [0.717, 1.165) is 11.8 Å². The Hall–Kier alpha value is -1.58. The molecule has 4 heteroatoms. The molecule has 0 radical (unpaired) electrons. The fourth-order valence-corrected chi connectivity index (χ4v) is 0.678. The van der Waals surface area contributed by atoms with Gasteiger partial charge in [0.05, 0.1) is 11.5 Å². The third kappa shape index (κ3) is 2.23. The van der Waals surface area contributed by atoms with Crippen LogP contribution in [0.1, 0.15) is 6.92 Å². The first-order chi connectivity index (χ1) is 5.84. The van der Waals surface area contributed by atoms with Gasteiger partial charge in [-0.15, -0.1) is 10.2 Å². The van der Waals surface area contributed by atoms with Gasteiger partial charge in [-0.3, -0.25) is 4.99 Å². The lowest BCUT2D eigenvalue weighted by molar-refractivity contribution is 0.835. The van der Waals surface area contributed by atoms with E-state index in [4.69, 9.17) is 0 Å². The molecule has 0 fully saturated rings. The third-order valence-corrected chi connectivity index (χ3v) is 1.29. The molecule has 0 saturated heterocycles. The van der Waals surface area contributed by atoms with Gasteiger partial charge in [-0.05, 0) is 18.2 Å². The Bertz CT molecular complexity index is 369. The van der Waals surface area contributed by atoms with E-state index in [-0.39, 0.29) is 0 Å². The molecule has 1 rings (SSSR count). The molecule has 0 atom stereocenters. The van der Waals surface area contributed by atoms with Gasteiger partial charge in [-0.2, -0.15) is 0 Å². The van der Waals surface area contributed by atoms with E-state index in [0.29, 0.717) is 5.35 Å². The van der Waals surface area contributed by atoms with Crippen LogP contribution in [0.2, 0.25) is 0 Å². The Morgan fingerprint density at radius 1 is 1.67 bits per heavy atom. The zero-order valence-corrected chi connectivity index (χ0v) is 6.94. The molecule has 0 N–H and O–H groups in total. The van der Waals surface area contributed by atoms with E-state index >= 15 is 0 Å². The van der Waals surface area contributed by atoms with Gasteiger partial charge in [-0.25, -0.2) is 0 Å². The first kappa shape index (κ1) is 8.52. The van der Waals surface area contributed by atoms with E-state index in [1.165, 1.54) is 0 Å². The van der Waals surface area contributed by atoms with Crippen LogP contribution < -0.4 is 10.6 Å². The van der Waals surface area contributed by atoms with Crippen molar-refractivity contribution in [2.45, 2.75) is 6.92 Å². The molecule has 1 aromatic heterocycles. The van der Waals surface area contributed by atoms with Gasteiger partial charge in [0, 0.05) is 18.0 Å². The third-order valence-electron chi connectivity index (χ3n) is 1.29. The molecule has 0 aliphatic carbocycles. The van der Waals surface area contributed by atoms with Crippen molar-refractivity contribution in [3.05, 3.63) is 16.8 Å². The molecule has 0 aliphatic rings. The Kier molecular flexibility index (Phi) is 3.07. The van der Waals surface area contributed by atoms with Gasteiger partial charge in [0.25, 0.3) is 0 Å². The average Bonchev–Trinajstić information content (AvgIpc) is 2.09. The highest BCUT2D eigenvalue weighted by Crippen LogP contribution is 1.63. The van der Waals surface area contributed by atoms with Crippen LogP contribution in [0.3, 0.4) is 0 Å². The Balaban J connectivity index is 3.03. The lowest BCUT2D eigenvalue weighted by Crippen LogP contribution is -2.28. The Morgan fingerprint density at radius 3 is 3.17 bits per heavy atom. The molecule has 0 amide bonds.